The number of urea groups is 1. The van der Waals surface area contributed by atoms with Crippen LogP contribution in [0.25, 0.3) is 0 Å². The van der Waals surface area contributed by atoms with Crippen molar-refractivity contribution in [2.75, 3.05) is 5.32 Å². The molecule has 0 aliphatic carbocycles. The van der Waals surface area contributed by atoms with E-state index in [2.05, 4.69) is 16.7 Å². The Balaban J connectivity index is 2.52. The fourth-order valence-electron chi connectivity index (χ4n) is 1.02. The van der Waals surface area contributed by atoms with Gasteiger partial charge in [-0.1, -0.05) is 12.6 Å². The Kier molecular flexibility index (Phi) is 4.31. The van der Waals surface area contributed by atoms with E-state index in [0.717, 1.165) is 0 Å². The first-order valence-electron chi connectivity index (χ1n) is 5.13. The van der Waals surface area contributed by atoms with Crippen molar-refractivity contribution >= 4 is 17.7 Å². The van der Waals surface area contributed by atoms with Crippen molar-refractivity contribution in [1.29, 1.82) is 0 Å². The predicted octanol–water partition coefficient (Wildman–Crippen LogP) is 1.86. The second kappa shape index (κ2) is 5.72. The van der Waals surface area contributed by atoms with Crippen LogP contribution in [0.1, 0.15) is 12.5 Å². The maximum atomic E-state index is 11.3. The molecule has 0 saturated heterocycles. The van der Waals surface area contributed by atoms with E-state index in [1.54, 1.807) is 19.1 Å². The number of carbonyl (C=O) groups excluding carboxylic acids is 2. The van der Waals surface area contributed by atoms with Gasteiger partial charge in [-0.25, -0.2) is 9.59 Å². The number of hydroxylamine groups is 1. The normalized spacial score (nSPS) is 9.44. The zero-order valence-corrected chi connectivity index (χ0v) is 10.1. The van der Waals surface area contributed by atoms with Crippen LogP contribution in [0.4, 0.5) is 10.5 Å². The SMILES string of the molecule is C=C(C)C(=O)ONC(=O)Nc1ccc(C)c(O)c1. The summed E-state index contributed by atoms with van der Waals surface area (Å²) in [6.07, 6.45) is 0. The monoisotopic (exact) mass is 250 g/mol. The quantitative estimate of drug-likeness (QED) is 0.552. The minimum Gasteiger partial charge on any atom is -0.508 e. The predicted molar refractivity (Wildman–Crippen MR) is 65.9 cm³/mol. The highest BCUT2D eigenvalue weighted by Crippen LogP contribution is 2.20. The largest absolute Gasteiger partial charge is 0.508 e. The second-order valence-corrected chi connectivity index (χ2v) is 3.73. The van der Waals surface area contributed by atoms with E-state index in [1.165, 1.54) is 13.0 Å². The molecule has 0 aromatic heterocycles. The van der Waals surface area contributed by atoms with Crippen LogP contribution in [-0.4, -0.2) is 17.1 Å². The average Bonchev–Trinajstić information content (AvgIpc) is 2.30. The van der Waals surface area contributed by atoms with Gasteiger partial charge in [0.15, 0.2) is 0 Å². The summed E-state index contributed by atoms with van der Waals surface area (Å²) in [6, 6.07) is 3.91. The molecule has 0 saturated carbocycles. The van der Waals surface area contributed by atoms with E-state index in [4.69, 9.17) is 0 Å². The fourth-order valence-corrected chi connectivity index (χ4v) is 1.02. The molecule has 1 rings (SSSR count). The molecule has 18 heavy (non-hydrogen) atoms. The number of rotatable bonds is 2. The van der Waals surface area contributed by atoms with Gasteiger partial charge in [0.05, 0.1) is 0 Å². The summed E-state index contributed by atoms with van der Waals surface area (Å²) in [5.74, 6) is -0.663. The molecule has 0 spiro atoms. The van der Waals surface area contributed by atoms with Crippen LogP contribution >= 0.6 is 0 Å². The van der Waals surface area contributed by atoms with Gasteiger partial charge < -0.3 is 15.3 Å². The van der Waals surface area contributed by atoms with Crippen molar-refractivity contribution in [2.45, 2.75) is 13.8 Å². The van der Waals surface area contributed by atoms with Gasteiger partial charge in [0.25, 0.3) is 0 Å². The molecule has 6 nitrogen and oxygen atoms in total. The molecule has 1 aromatic rings. The number of carbonyl (C=O) groups is 2. The summed E-state index contributed by atoms with van der Waals surface area (Å²) in [7, 11) is 0. The number of phenols is 1. The van der Waals surface area contributed by atoms with Crippen LogP contribution in [0.3, 0.4) is 0 Å². The second-order valence-electron chi connectivity index (χ2n) is 3.73. The molecule has 0 bridgehead atoms. The molecule has 0 aliphatic rings. The molecule has 3 N–H and O–H groups in total. The van der Waals surface area contributed by atoms with E-state index in [0.29, 0.717) is 11.3 Å². The van der Waals surface area contributed by atoms with Crippen molar-refractivity contribution in [1.82, 2.24) is 5.48 Å². The highest BCUT2D eigenvalue weighted by molar-refractivity contribution is 5.92. The van der Waals surface area contributed by atoms with Gasteiger partial charge in [-0.2, -0.15) is 5.48 Å². The highest BCUT2D eigenvalue weighted by atomic mass is 16.7. The molecule has 96 valence electrons. The summed E-state index contributed by atoms with van der Waals surface area (Å²) < 4.78 is 0. The fraction of sp³-hybridized carbons (Fsp3) is 0.167. The maximum absolute atomic E-state index is 11.3. The van der Waals surface area contributed by atoms with Gasteiger partial charge in [-0.3, -0.25) is 0 Å². The average molecular weight is 250 g/mol. The van der Waals surface area contributed by atoms with Crippen molar-refractivity contribution in [3.8, 4) is 5.75 Å². The number of benzene rings is 1. The standard InChI is InChI=1S/C12H14N2O4/c1-7(2)11(16)18-14-12(17)13-9-5-4-8(3)10(15)6-9/h4-6,15H,1H2,2-3H3,(H2,13,14,17). The Morgan fingerprint density at radius 2 is 2.06 bits per heavy atom. The topological polar surface area (TPSA) is 87.7 Å². The first kappa shape index (κ1) is 13.6. The molecule has 2 amide bonds. The first-order chi connectivity index (χ1) is 8.40. The molecule has 0 atom stereocenters. The lowest BCUT2D eigenvalue weighted by molar-refractivity contribution is -0.143. The minimum absolute atomic E-state index is 0.0618. The van der Waals surface area contributed by atoms with Crippen molar-refractivity contribution in [2.24, 2.45) is 0 Å². The maximum Gasteiger partial charge on any atom is 0.358 e. The number of anilines is 1. The van der Waals surface area contributed by atoms with Crippen LogP contribution in [0.2, 0.25) is 0 Å². The van der Waals surface area contributed by atoms with Gasteiger partial charge in [0.2, 0.25) is 0 Å². The van der Waals surface area contributed by atoms with E-state index < -0.39 is 12.0 Å². The summed E-state index contributed by atoms with van der Waals surface area (Å²) in [4.78, 5) is 26.7. The number of hydrogen-bond donors (Lipinski definition) is 3. The molecule has 0 heterocycles. The van der Waals surface area contributed by atoms with Crippen LogP contribution < -0.4 is 10.8 Å². The van der Waals surface area contributed by atoms with Crippen LogP contribution in [0.5, 0.6) is 5.75 Å². The van der Waals surface area contributed by atoms with Crippen LogP contribution in [0, 0.1) is 6.92 Å². The summed E-state index contributed by atoms with van der Waals surface area (Å²) in [5.41, 5.74) is 3.14. The molecular weight excluding hydrogens is 236 g/mol. The molecular formula is C12H14N2O4. The third-order valence-electron chi connectivity index (χ3n) is 2.05. The third-order valence-corrected chi connectivity index (χ3v) is 2.05. The molecule has 1 aromatic carbocycles. The Morgan fingerprint density at radius 1 is 1.39 bits per heavy atom. The number of aromatic hydroxyl groups is 1. The number of phenolic OH excluding ortho intramolecular Hbond substituents is 1. The summed E-state index contributed by atoms with van der Waals surface area (Å²) in [6.45, 7) is 6.55. The number of nitrogens with one attached hydrogen (secondary N) is 2. The van der Waals surface area contributed by atoms with E-state index >= 15 is 0 Å². The molecule has 0 aliphatic heterocycles. The minimum atomic E-state index is -0.729. The molecule has 6 heteroatoms. The van der Waals surface area contributed by atoms with Crippen molar-refractivity contribution in [3.63, 3.8) is 0 Å². The smallest absolute Gasteiger partial charge is 0.358 e. The number of aryl methyl sites for hydroxylation is 1. The third kappa shape index (κ3) is 3.82. The van der Waals surface area contributed by atoms with Gasteiger partial charge in [0.1, 0.15) is 5.75 Å². The van der Waals surface area contributed by atoms with Crippen molar-refractivity contribution < 1.29 is 19.5 Å². The van der Waals surface area contributed by atoms with Gasteiger partial charge >= 0.3 is 12.0 Å². The Hall–Kier alpha value is -2.50. The van der Waals surface area contributed by atoms with Gasteiger partial charge in [-0.15, -0.1) is 0 Å². The molecule has 0 unspecified atom stereocenters. The Labute approximate surface area is 104 Å². The lowest BCUT2D eigenvalue weighted by Gasteiger charge is -2.08. The van der Waals surface area contributed by atoms with E-state index in [1.807, 2.05) is 5.48 Å². The number of hydrogen-bond acceptors (Lipinski definition) is 4. The van der Waals surface area contributed by atoms with Crippen LogP contribution in [0.15, 0.2) is 30.4 Å². The lowest BCUT2D eigenvalue weighted by Crippen LogP contribution is -2.31. The molecule has 0 fully saturated rings. The Morgan fingerprint density at radius 3 is 2.61 bits per heavy atom. The molecule has 0 radical (unpaired) electrons. The zero-order valence-electron chi connectivity index (χ0n) is 10.1. The van der Waals surface area contributed by atoms with Crippen LogP contribution in [-0.2, 0) is 9.63 Å². The first-order valence-corrected chi connectivity index (χ1v) is 5.13. The Bertz CT molecular complexity index is 497. The summed E-state index contributed by atoms with van der Waals surface area (Å²) in [5, 5.41) is 11.8. The zero-order chi connectivity index (χ0) is 13.7. The van der Waals surface area contributed by atoms with Gasteiger partial charge in [0, 0.05) is 17.3 Å². The van der Waals surface area contributed by atoms with E-state index in [-0.39, 0.29) is 11.3 Å². The van der Waals surface area contributed by atoms with Crippen molar-refractivity contribution in [3.05, 3.63) is 35.9 Å². The van der Waals surface area contributed by atoms with Gasteiger partial charge in [-0.05, 0) is 25.5 Å². The van der Waals surface area contributed by atoms with E-state index in [9.17, 15) is 14.7 Å². The number of amides is 2. The highest BCUT2D eigenvalue weighted by Gasteiger charge is 2.08. The lowest BCUT2D eigenvalue weighted by atomic mass is 10.2. The summed E-state index contributed by atoms with van der Waals surface area (Å²) >= 11 is 0.